The minimum atomic E-state index is 0.713. The number of hydrogen-bond donors (Lipinski definition) is 0. The molecule has 1 radical (unpaired) electrons. The molecule has 8 heavy (non-hydrogen) atoms. The van der Waals surface area contributed by atoms with Crippen molar-refractivity contribution in [3.05, 3.63) is 36.6 Å². The molecule has 0 aliphatic rings. The van der Waals surface area contributed by atoms with Crippen LogP contribution in [0, 0.1) is 0 Å². The molecule has 0 spiro atoms. The molecule has 0 aliphatic carbocycles. The third-order valence-electron chi connectivity index (χ3n) is 0.681. The summed E-state index contributed by atoms with van der Waals surface area (Å²) in [6.45, 7) is 5.19. The average molecular weight is 109 g/mol. The molecule has 0 unspecified atom stereocenters. The molecule has 0 N–H and O–H groups in total. The first kappa shape index (κ1) is 7.02. The molecule has 0 aromatic carbocycles. The smallest absolute Gasteiger partial charge is 0.145 e. The Kier molecular flexibility index (Phi) is 3.67. The maximum atomic E-state index is 9.89. The van der Waals surface area contributed by atoms with Gasteiger partial charge in [-0.05, 0) is 12.5 Å². The second-order valence-corrected chi connectivity index (χ2v) is 1.46. The fourth-order valence-electron chi connectivity index (χ4n) is 0.259. The van der Waals surface area contributed by atoms with Gasteiger partial charge >= 0.3 is 0 Å². The van der Waals surface area contributed by atoms with E-state index in [0.717, 1.165) is 6.26 Å². The van der Waals surface area contributed by atoms with E-state index < -0.39 is 0 Å². The van der Waals surface area contributed by atoms with Crippen LogP contribution >= 0.6 is 0 Å². The summed E-state index contributed by atoms with van der Waals surface area (Å²) >= 11 is 0. The van der Waals surface area contributed by atoms with E-state index in [2.05, 4.69) is 6.58 Å². The first-order valence-corrected chi connectivity index (χ1v) is 2.39. The highest BCUT2D eigenvalue weighted by Gasteiger charge is 1.74. The van der Waals surface area contributed by atoms with Crippen molar-refractivity contribution >= 4 is 0 Å². The van der Waals surface area contributed by atoms with E-state index in [1.54, 1.807) is 25.2 Å². The van der Waals surface area contributed by atoms with Crippen LogP contribution in [0.2, 0.25) is 0 Å². The first-order chi connectivity index (χ1) is 3.81. The predicted octanol–water partition coefficient (Wildman–Crippen LogP) is 2.06. The van der Waals surface area contributed by atoms with Crippen LogP contribution < -0.4 is 0 Å². The average Bonchev–Trinajstić information content (AvgIpc) is 1.83. The van der Waals surface area contributed by atoms with Gasteiger partial charge in [-0.25, -0.2) is 0 Å². The lowest BCUT2D eigenvalue weighted by Gasteiger charge is -1.79. The Morgan fingerprint density at radius 1 is 1.62 bits per heavy atom. The van der Waals surface area contributed by atoms with Gasteiger partial charge < -0.3 is 0 Å². The van der Waals surface area contributed by atoms with E-state index in [0.29, 0.717) is 5.57 Å². The zero-order valence-corrected chi connectivity index (χ0v) is 4.92. The minimum Gasteiger partial charge on any atom is -0.298 e. The lowest BCUT2D eigenvalue weighted by atomic mass is 10.3. The van der Waals surface area contributed by atoms with E-state index in [1.165, 1.54) is 0 Å². The lowest BCUT2D eigenvalue weighted by Crippen LogP contribution is -1.62. The van der Waals surface area contributed by atoms with Crippen molar-refractivity contribution in [3.63, 3.8) is 0 Å². The molecule has 0 saturated carbocycles. The topological polar surface area (TPSA) is 19.9 Å². The van der Waals surface area contributed by atoms with Crippen LogP contribution in [0.5, 0.6) is 0 Å². The van der Waals surface area contributed by atoms with E-state index in [9.17, 15) is 5.11 Å². The van der Waals surface area contributed by atoms with Crippen molar-refractivity contribution in [2.24, 2.45) is 0 Å². The van der Waals surface area contributed by atoms with Gasteiger partial charge in [-0.3, -0.25) is 5.11 Å². The molecule has 0 saturated heterocycles. The van der Waals surface area contributed by atoms with Crippen LogP contribution in [-0.2, 0) is 5.11 Å². The maximum absolute atomic E-state index is 9.89. The van der Waals surface area contributed by atoms with Gasteiger partial charge in [-0.2, -0.15) is 0 Å². The van der Waals surface area contributed by atoms with Crippen LogP contribution in [0.25, 0.3) is 0 Å². The van der Waals surface area contributed by atoms with E-state index in [1.807, 2.05) is 0 Å². The summed E-state index contributed by atoms with van der Waals surface area (Å²) in [5.41, 5.74) is 0.713. The van der Waals surface area contributed by atoms with Crippen molar-refractivity contribution < 1.29 is 5.11 Å². The fourth-order valence-corrected chi connectivity index (χ4v) is 0.259. The predicted molar refractivity (Wildman–Crippen MR) is 33.8 cm³/mol. The summed E-state index contributed by atoms with van der Waals surface area (Å²) in [6, 6.07) is 0. The summed E-state index contributed by atoms with van der Waals surface area (Å²) in [6.07, 6.45) is 5.87. The lowest BCUT2D eigenvalue weighted by molar-refractivity contribution is 0.348. The summed E-state index contributed by atoms with van der Waals surface area (Å²) in [5, 5.41) is 9.89. The van der Waals surface area contributed by atoms with Gasteiger partial charge in [0.2, 0.25) is 0 Å². The third-order valence-corrected chi connectivity index (χ3v) is 0.681. The van der Waals surface area contributed by atoms with Crippen LogP contribution in [0.3, 0.4) is 0 Å². The van der Waals surface area contributed by atoms with Crippen molar-refractivity contribution in [1.82, 2.24) is 0 Å². The number of allylic oxidation sites excluding steroid dienone is 4. The maximum Gasteiger partial charge on any atom is 0.145 e. The summed E-state index contributed by atoms with van der Waals surface area (Å²) < 4.78 is 0. The minimum absolute atomic E-state index is 0.713. The molecule has 1 heteroatoms. The third kappa shape index (κ3) is 3.22. The largest absolute Gasteiger partial charge is 0.298 e. The van der Waals surface area contributed by atoms with Crippen molar-refractivity contribution in [2.45, 2.75) is 6.92 Å². The van der Waals surface area contributed by atoms with Crippen molar-refractivity contribution in [2.75, 3.05) is 0 Å². The van der Waals surface area contributed by atoms with E-state index in [-0.39, 0.29) is 0 Å². The highest BCUT2D eigenvalue weighted by atomic mass is 16.2. The molecular formula is C7H9O. The number of rotatable bonds is 2. The molecule has 0 fully saturated rings. The van der Waals surface area contributed by atoms with Crippen molar-refractivity contribution in [3.8, 4) is 0 Å². The second-order valence-electron chi connectivity index (χ2n) is 1.46. The first-order valence-electron chi connectivity index (χ1n) is 2.39. The van der Waals surface area contributed by atoms with Gasteiger partial charge in [0, 0.05) is 0 Å². The molecule has 0 rings (SSSR count). The molecule has 0 amide bonds. The summed E-state index contributed by atoms with van der Waals surface area (Å²) in [4.78, 5) is 0. The molecular weight excluding hydrogens is 100 g/mol. The Labute approximate surface area is 49.7 Å². The molecule has 43 valence electrons. The zero-order chi connectivity index (χ0) is 6.41. The summed E-state index contributed by atoms with van der Waals surface area (Å²) in [7, 11) is 0. The van der Waals surface area contributed by atoms with Crippen LogP contribution in [-0.4, -0.2) is 0 Å². The monoisotopic (exact) mass is 109 g/mol. The molecule has 0 bridgehead atoms. The van der Waals surface area contributed by atoms with Crippen LogP contribution in [0.1, 0.15) is 6.92 Å². The molecule has 0 atom stereocenters. The molecule has 1 nitrogen and oxygen atoms in total. The molecule has 0 heterocycles. The zero-order valence-electron chi connectivity index (χ0n) is 4.92. The molecule has 0 aromatic rings. The Morgan fingerprint density at radius 3 is 2.62 bits per heavy atom. The Balaban J connectivity index is 3.69. The molecule has 0 aliphatic heterocycles. The normalized spacial score (nSPS) is 12.4. The van der Waals surface area contributed by atoms with Gasteiger partial charge in [0.1, 0.15) is 6.26 Å². The number of hydrogen-bond acceptors (Lipinski definition) is 0. The van der Waals surface area contributed by atoms with Gasteiger partial charge in [-0.1, -0.05) is 24.8 Å². The van der Waals surface area contributed by atoms with Gasteiger partial charge in [0.25, 0.3) is 0 Å². The highest BCUT2D eigenvalue weighted by Crippen LogP contribution is 1.91. The fraction of sp³-hybridized carbons (Fsp3) is 0.143. The highest BCUT2D eigenvalue weighted by molar-refractivity contribution is 5.16. The Morgan fingerprint density at radius 2 is 2.25 bits per heavy atom. The van der Waals surface area contributed by atoms with E-state index >= 15 is 0 Å². The molecule has 0 aromatic heterocycles. The van der Waals surface area contributed by atoms with Crippen LogP contribution in [0.15, 0.2) is 36.6 Å². The summed E-state index contributed by atoms with van der Waals surface area (Å²) in [5.74, 6) is 0. The van der Waals surface area contributed by atoms with Crippen LogP contribution in [0.4, 0.5) is 0 Å². The standard InChI is InChI=1S/C7H9O/c1-3-4-5-7(2)6-8/h3-6H,1H2,2H3. The quantitative estimate of drug-likeness (QED) is 0.382. The Hall–Kier alpha value is -0.980. The van der Waals surface area contributed by atoms with Gasteiger partial charge in [0.15, 0.2) is 0 Å². The van der Waals surface area contributed by atoms with E-state index in [4.69, 9.17) is 0 Å². The Bertz CT molecular complexity index is 120. The second kappa shape index (κ2) is 4.19. The van der Waals surface area contributed by atoms with Gasteiger partial charge in [0.05, 0.1) is 0 Å². The van der Waals surface area contributed by atoms with Crippen molar-refractivity contribution in [1.29, 1.82) is 0 Å². The van der Waals surface area contributed by atoms with Gasteiger partial charge in [-0.15, -0.1) is 0 Å². The SMILES string of the molecule is C=CC=CC(C)=C[O].